The van der Waals surface area contributed by atoms with E-state index in [-0.39, 0.29) is 11.8 Å². The number of nitrogens with zero attached hydrogens (tertiary/aromatic N) is 1. The zero-order chi connectivity index (χ0) is 13.0. The van der Waals surface area contributed by atoms with Crippen molar-refractivity contribution in [1.82, 2.24) is 10.2 Å². The minimum atomic E-state index is 0.00419. The summed E-state index contributed by atoms with van der Waals surface area (Å²) in [7, 11) is 0. The van der Waals surface area contributed by atoms with Crippen molar-refractivity contribution in [2.45, 2.75) is 12.8 Å². The first-order valence-corrected chi connectivity index (χ1v) is 6.04. The smallest absolute Gasteiger partial charge is 0.227 e. The topological polar surface area (TPSA) is 75.4 Å². The fraction of sp³-hybridized carbons (Fsp3) is 0.385. The van der Waals surface area contributed by atoms with E-state index in [9.17, 15) is 9.59 Å². The van der Waals surface area contributed by atoms with E-state index in [1.54, 1.807) is 11.0 Å². The molecule has 3 N–H and O–H groups in total. The molecule has 0 radical (unpaired) electrons. The number of rotatable bonds is 2. The van der Waals surface area contributed by atoms with Crippen LogP contribution in [0.4, 0.5) is 5.69 Å². The molecule has 0 aliphatic carbocycles. The first kappa shape index (κ1) is 12.4. The summed E-state index contributed by atoms with van der Waals surface area (Å²) in [5.41, 5.74) is 7.29. The van der Waals surface area contributed by atoms with Crippen LogP contribution in [0.15, 0.2) is 24.3 Å². The van der Waals surface area contributed by atoms with Crippen molar-refractivity contribution in [3.63, 3.8) is 0 Å². The highest BCUT2D eigenvalue weighted by atomic mass is 16.2. The summed E-state index contributed by atoms with van der Waals surface area (Å²) >= 11 is 0. The average molecular weight is 247 g/mol. The van der Waals surface area contributed by atoms with E-state index in [1.807, 2.05) is 18.2 Å². The highest BCUT2D eigenvalue weighted by molar-refractivity contribution is 5.82. The maximum Gasteiger partial charge on any atom is 0.227 e. The van der Waals surface area contributed by atoms with Gasteiger partial charge in [0.25, 0.3) is 0 Å². The van der Waals surface area contributed by atoms with E-state index in [0.29, 0.717) is 38.2 Å². The third kappa shape index (κ3) is 3.00. The van der Waals surface area contributed by atoms with Crippen molar-refractivity contribution in [1.29, 1.82) is 0 Å². The first-order chi connectivity index (χ1) is 8.66. The van der Waals surface area contributed by atoms with E-state index in [0.717, 1.165) is 5.56 Å². The molecule has 1 aromatic rings. The predicted molar refractivity (Wildman–Crippen MR) is 68.8 cm³/mol. The molecule has 0 aromatic heterocycles. The van der Waals surface area contributed by atoms with Gasteiger partial charge in [-0.25, -0.2) is 0 Å². The van der Waals surface area contributed by atoms with Crippen LogP contribution >= 0.6 is 0 Å². The number of amides is 2. The van der Waals surface area contributed by atoms with Crippen LogP contribution < -0.4 is 11.1 Å². The lowest BCUT2D eigenvalue weighted by Crippen LogP contribution is -2.35. The molecule has 0 atom stereocenters. The summed E-state index contributed by atoms with van der Waals surface area (Å²) in [4.78, 5) is 25.0. The standard InChI is InChI=1S/C13H17N3O2/c14-11-4-2-1-3-10(11)9-13(18)16-7-5-12(17)15-6-8-16/h1-4H,5-9,14H2,(H,15,17). The second-order valence-corrected chi connectivity index (χ2v) is 4.36. The SMILES string of the molecule is Nc1ccccc1CC(=O)N1CCNC(=O)CC1. The van der Waals surface area contributed by atoms with Crippen molar-refractivity contribution < 1.29 is 9.59 Å². The van der Waals surface area contributed by atoms with Crippen LogP contribution in [-0.4, -0.2) is 36.3 Å². The molecular weight excluding hydrogens is 230 g/mol. The Bertz CT molecular complexity index is 459. The van der Waals surface area contributed by atoms with Gasteiger partial charge in [0, 0.05) is 31.7 Å². The number of hydrogen-bond donors (Lipinski definition) is 2. The maximum absolute atomic E-state index is 12.1. The molecule has 1 aliphatic rings. The van der Waals surface area contributed by atoms with Crippen molar-refractivity contribution in [3.8, 4) is 0 Å². The average Bonchev–Trinajstić information content (AvgIpc) is 2.57. The molecule has 2 amide bonds. The maximum atomic E-state index is 12.1. The van der Waals surface area contributed by atoms with Crippen LogP contribution in [0.3, 0.4) is 0 Å². The van der Waals surface area contributed by atoms with E-state index >= 15 is 0 Å². The van der Waals surface area contributed by atoms with E-state index < -0.39 is 0 Å². The van der Waals surface area contributed by atoms with Crippen molar-refractivity contribution in [3.05, 3.63) is 29.8 Å². The number of benzene rings is 1. The third-order valence-corrected chi connectivity index (χ3v) is 3.06. The van der Waals surface area contributed by atoms with Gasteiger partial charge in [0.15, 0.2) is 0 Å². The quantitative estimate of drug-likeness (QED) is 0.731. The molecule has 0 saturated carbocycles. The van der Waals surface area contributed by atoms with Crippen molar-refractivity contribution in [2.75, 3.05) is 25.4 Å². The van der Waals surface area contributed by atoms with Crippen molar-refractivity contribution in [2.24, 2.45) is 0 Å². The van der Waals surface area contributed by atoms with Crippen LogP contribution in [0.2, 0.25) is 0 Å². The largest absolute Gasteiger partial charge is 0.398 e. The Labute approximate surface area is 106 Å². The Morgan fingerprint density at radius 1 is 1.33 bits per heavy atom. The number of anilines is 1. The monoisotopic (exact) mass is 247 g/mol. The van der Waals surface area contributed by atoms with Crippen LogP contribution in [0, 0.1) is 0 Å². The zero-order valence-electron chi connectivity index (χ0n) is 10.2. The molecule has 1 fully saturated rings. The summed E-state index contributed by atoms with van der Waals surface area (Å²) < 4.78 is 0. The molecule has 96 valence electrons. The zero-order valence-corrected chi connectivity index (χ0v) is 10.2. The molecule has 0 spiro atoms. The number of nitrogen functional groups attached to an aromatic ring is 1. The number of carbonyl (C=O) groups is 2. The minimum Gasteiger partial charge on any atom is -0.398 e. The van der Waals surface area contributed by atoms with Gasteiger partial charge in [-0.3, -0.25) is 9.59 Å². The summed E-state index contributed by atoms with van der Waals surface area (Å²) in [6.07, 6.45) is 0.664. The third-order valence-electron chi connectivity index (χ3n) is 3.06. The van der Waals surface area contributed by atoms with Gasteiger partial charge in [-0.15, -0.1) is 0 Å². The summed E-state index contributed by atoms with van der Waals surface area (Å²) in [5, 5.41) is 2.75. The van der Waals surface area contributed by atoms with Gasteiger partial charge in [-0.05, 0) is 11.6 Å². The minimum absolute atomic E-state index is 0.00419. The van der Waals surface area contributed by atoms with Gasteiger partial charge in [-0.1, -0.05) is 18.2 Å². The summed E-state index contributed by atoms with van der Waals surface area (Å²) in [6.45, 7) is 1.57. The highest BCUT2D eigenvalue weighted by Gasteiger charge is 2.18. The van der Waals surface area contributed by atoms with E-state index in [2.05, 4.69) is 5.32 Å². The molecule has 0 bridgehead atoms. The Kier molecular flexibility index (Phi) is 3.82. The predicted octanol–water partition coefficient (Wildman–Crippen LogP) is 0.160. The Balaban J connectivity index is 1.99. The van der Waals surface area contributed by atoms with Gasteiger partial charge in [-0.2, -0.15) is 0 Å². The van der Waals surface area contributed by atoms with Gasteiger partial charge in [0.1, 0.15) is 0 Å². The van der Waals surface area contributed by atoms with Crippen molar-refractivity contribution >= 4 is 17.5 Å². The second kappa shape index (κ2) is 5.53. The van der Waals surface area contributed by atoms with Crippen LogP contribution in [0.1, 0.15) is 12.0 Å². The van der Waals surface area contributed by atoms with Gasteiger partial charge in [0.05, 0.1) is 6.42 Å². The Morgan fingerprint density at radius 2 is 2.11 bits per heavy atom. The molecule has 1 saturated heterocycles. The lowest BCUT2D eigenvalue weighted by Gasteiger charge is -2.19. The molecule has 2 rings (SSSR count). The number of nitrogens with two attached hydrogens (primary N) is 1. The fourth-order valence-electron chi connectivity index (χ4n) is 1.99. The molecule has 1 aromatic carbocycles. The Morgan fingerprint density at radius 3 is 2.89 bits per heavy atom. The molecule has 1 heterocycles. The molecule has 5 nitrogen and oxygen atoms in total. The second-order valence-electron chi connectivity index (χ2n) is 4.36. The van der Waals surface area contributed by atoms with Gasteiger partial charge >= 0.3 is 0 Å². The number of hydrogen-bond acceptors (Lipinski definition) is 3. The molecular formula is C13H17N3O2. The first-order valence-electron chi connectivity index (χ1n) is 6.04. The molecule has 1 aliphatic heterocycles. The Hall–Kier alpha value is -2.04. The number of para-hydroxylation sites is 1. The normalized spacial score (nSPS) is 16.0. The van der Waals surface area contributed by atoms with Crippen LogP contribution in [-0.2, 0) is 16.0 Å². The van der Waals surface area contributed by atoms with E-state index in [1.165, 1.54) is 0 Å². The number of nitrogens with one attached hydrogen (secondary N) is 1. The highest BCUT2D eigenvalue weighted by Crippen LogP contribution is 2.12. The lowest BCUT2D eigenvalue weighted by molar-refractivity contribution is -0.130. The van der Waals surface area contributed by atoms with Gasteiger partial charge in [0.2, 0.25) is 11.8 Å². The summed E-state index contributed by atoms with van der Waals surface area (Å²) in [6, 6.07) is 7.36. The van der Waals surface area contributed by atoms with Crippen LogP contribution in [0.25, 0.3) is 0 Å². The van der Waals surface area contributed by atoms with Crippen LogP contribution in [0.5, 0.6) is 0 Å². The van der Waals surface area contributed by atoms with E-state index in [4.69, 9.17) is 5.73 Å². The summed E-state index contributed by atoms with van der Waals surface area (Å²) in [5.74, 6) is 0.0222. The molecule has 0 unspecified atom stereocenters. The lowest BCUT2D eigenvalue weighted by atomic mass is 10.1. The van der Waals surface area contributed by atoms with Gasteiger partial charge < -0.3 is 16.0 Å². The molecule has 18 heavy (non-hydrogen) atoms. The fourth-order valence-corrected chi connectivity index (χ4v) is 1.99. The number of carbonyl (C=O) groups excluding carboxylic acids is 2. The molecule has 5 heteroatoms.